The van der Waals surface area contributed by atoms with E-state index in [-0.39, 0.29) is 11.3 Å². The zero-order valence-electron chi connectivity index (χ0n) is 13.1. The van der Waals surface area contributed by atoms with Gasteiger partial charge in [-0.3, -0.25) is 9.48 Å². The number of hydrogen-bond donors (Lipinski definition) is 2. The average Bonchev–Trinajstić information content (AvgIpc) is 2.89. The predicted octanol–water partition coefficient (Wildman–Crippen LogP) is 3.79. The molecular weight excluding hydrogens is 297 g/mol. The molecule has 3 rings (SSSR count). The van der Waals surface area contributed by atoms with Crippen LogP contribution in [0.5, 0.6) is 5.75 Å². The molecular formula is C17H20FN3O2. The van der Waals surface area contributed by atoms with E-state index in [1.54, 1.807) is 0 Å². The van der Waals surface area contributed by atoms with Gasteiger partial charge in [0.1, 0.15) is 11.6 Å². The number of rotatable bonds is 3. The third-order valence-corrected chi connectivity index (χ3v) is 4.30. The maximum atomic E-state index is 13.0. The van der Waals surface area contributed by atoms with E-state index in [4.69, 9.17) is 0 Å². The van der Waals surface area contributed by atoms with Gasteiger partial charge in [-0.05, 0) is 31.9 Å². The van der Waals surface area contributed by atoms with Gasteiger partial charge >= 0.3 is 0 Å². The fourth-order valence-corrected chi connectivity index (χ4v) is 3.01. The maximum Gasteiger partial charge on any atom is 0.260 e. The van der Waals surface area contributed by atoms with Crippen LogP contribution in [0.2, 0.25) is 0 Å². The molecule has 1 aromatic carbocycles. The van der Waals surface area contributed by atoms with E-state index >= 15 is 0 Å². The van der Waals surface area contributed by atoms with Crippen LogP contribution in [0.25, 0.3) is 0 Å². The second kappa shape index (κ2) is 6.40. The highest BCUT2D eigenvalue weighted by atomic mass is 19.1. The Morgan fingerprint density at radius 1 is 1.35 bits per heavy atom. The van der Waals surface area contributed by atoms with E-state index < -0.39 is 11.7 Å². The molecule has 0 radical (unpaired) electrons. The second-order valence-electron chi connectivity index (χ2n) is 6.05. The summed E-state index contributed by atoms with van der Waals surface area (Å²) >= 11 is 0. The molecule has 23 heavy (non-hydrogen) atoms. The van der Waals surface area contributed by atoms with Gasteiger partial charge in [-0.1, -0.05) is 19.3 Å². The Labute approximate surface area is 134 Å². The number of phenolic OH excluding ortho intramolecular Hbond substituents is 1. The Kier molecular flexibility index (Phi) is 4.32. The van der Waals surface area contributed by atoms with E-state index in [0.29, 0.717) is 11.9 Å². The summed E-state index contributed by atoms with van der Waals surface area (Å²) in [5.41, 5.74) is 0.892. The molecule has 5 nitrogen and oxygen atoms in total. The van der Waals surface area contributed by atoms with E-state index in [0.717, 1.165) is 30.5 Å². The van der Waals surface area contributed by atoms with Crippen LogP contribution >= 0.6 is 0 Å². The quantitative estimate of drug-likeness (QED) is 0.905. The summed E-state index contributed by atoms with van der Waals surface area (Å²) in [6.45, 7) is 1.88. The van der Waals surface area contributed by atoms with Crippen molar-refractivity contribution in [2.75, 3.05) is 5.32 Å². The molecule has 0 aliphatic heterocycles. The largest absolute Gasteiger partial charge is 0.507 e. The molecule has 1 fully saturated rings. The number of amides is 1. The summed E-state index contributed by atoms with van der Waals surface area (Å²) in [4.78, 5) is 12.2. The summed E-state index contributed by atoms with van der Waals surface area (Å²) in [5, 5.41) is 16.9. The van der Waals surface area contributed by atoms with Crippen molar-refractivity contribution in [1.29, 1.82) is 0 Å². The lowest BCUT2D eigenvalue weighted by molar-refractivity contribution is 0.102. The minimum absolute atomic E-state index is 0.0259. The molecule has 122 valence electrons. The maximum absolute atomic E-state index is 13.0. The first-order valence-corrected chi connectivity index (χ1v) is 7.90. The van der Waals surface area contributed by atoms with Crippen molar-refractivity contribution in [2.24, 2.45) is 0 Å². The number of anilines is 1. The molecule has 6 heteroatoms. The molecule has 2 N–H and O–H groups in total. The van der Waals surface area contributed by atoms with Crippen LogP contribution in [0.15, 0.2) is 24.4 Å². The lowest BCUT2D eigenvalue weighted by Crippen LogP contribution is -2.16. The number of halogens is 1. The highest BCUT2D eigenvalue weighted by Crippen LogP contribution is 2.29. The van der Waals surface area contributed by atoms with Crippen molar-refractivity contribution in [2.45, 2.75) is 45.1 Å². The molecule has 0 unspecified atom stereocenters. The van der Waals surface area contributed by atoms with Gasteiger partial charge in [0, 0.05) is 17.8 Å². The molecule has 1 aromatic heterocycles. The van der Waals surface area contributed by atoms with Gasteiger partial charge in [-0.25, -0.2) is 4.39 Å². The fraction of sp³-hybridized carbons (Fsp3) is 0.412. The van der Waals surface area contributed by atoms with Crippen LogP contribution in [0, 0.1) is 12.7 Å². The van der Waals surface area contributed by atoms with E-state index in [1.165, 1.54) is 25.3 Å². The molecule has 2 aromatic rings. The van der Waals surface area contributed by atoms with Gasteiger partial charge in [0.05, 0.1) is 11.6 Å². The monoisotopic (exact) mass is 317 g/mol. The van der Waals surface area contributed by atoms with E-state index in [1.807, 2.05) is 17.8 Å². The van der Waals surface area contributed by atoms with Crippen LogP contribution in [-0.4, -0.2) is 20.8 Å². The molecule has 0 atom stereocenters. The number of nitrogens with one attached hydrogen (secondary N) is 1. The number of carbonyl (C=O) groups is 1. The molecule has 0 bridgehead atoms. The van der Waals surface area contributed by atoms with Gasteiger partial charge in [0.25, 0.3) is 5.91 Å². The summed E-state index contributed by atoms with van der Waals surface area (Å²) in [5.74, 6) is -0.993. The van der Waals surface area contributed by atoms with Gasteiger partial charge in [-0.2, -0.15) is 5.10 Å². The van der Waals surface area contributed by atoms with Gasteiger partial charge in [-0.15, -0.1) is 0 Å². The third-order valence-electron chi connectivity index (χ3n) is 4.30. The minimum atomic E-state index is -0.586. The zero-order chi connectivity index (χ0) is 16.4. The van der Waals surface area contributed by atoms with Crippen LogP contribution in [0.3, 0.4) is 0 Å². The summed E-state index contributed by atoms with van der Waals surface area (Å²) in [6.07, 6.45) is 7.82. The summed E-state index contributed by atoms with van der Waals surface area (Å²) < 4.78 is 14.9. The Bertz CT molecular complexity index is 721. The Hall–Kier alpha value is -2.37. The number of nitrogens with zero attached hydrogens (tertiary/aromatic N) is 2. The van der Waals surface area contributed by atoms with Gasteiger partial charge in [0.2, 0.25) is 0 Å². The van der Waals surface area contributed by atoms with E-state index in [2.05, 4.69) is 10.4 Å². The standard InChI is InChI=1S/C17H20FN3O2/c1-11-10-21(13-5-3-2-4-6-13)20-16(11)19-17(23)14-8-7-12(18)9-15(14)22/h7-10,13,22H,2-6H2,1H3,(H,19,20,23). The number of aryl methyl sites for hydroxylation is 1. The van der Waals surface area contributed by atoms with Crippen molar-refractivity contribution in [3.63, 3.8) is 0 Å². The first-order valence-electron chi connectivity index (χ1n) is 7.90. The molecule has 0 spiro atoms. The summed E-state index contributed by atoms with van der Waals surface area (Å²) in [7, 11) is 0. The zero-order valence-corrected chi connectivity index (χ0v) is 13.1. The first-order chi connectivity index (χ1) is 11.0. The van der Waals surface area contributed by atoms with Crippen LogP contribution in [0.4, 0.5) is 10.2 Å². The lowest BCUT2D eigenvalue weighted by atomic mass is 9.96. The van der Waals surface area contributed by atoms with Gasteiger partial charge in [0.15, 0.2) is 5.82 Å². The molecule has 1 heterocycles. The number of aromatic hydroxyl groups is 1. The normalized spacial score (nSPS) is 15.6. The fourth-order valence-electron chi connectivity index (χ4n) is 3.01. The average molecular weight is 317 g/mol. The number of phenols is 1. The Morgan fingerprint density at radius 3 is 2.78 bits per heavy atom. The van der Waals surface area contributed by atoms with Gasteiger partial charge < -0.3 is 10.4 Å². The van der Waals surface area contributed by atoms with Crippen LogP contribution in [-0.2, 0) is 0 Å². The highest BCUT2D eigenvalue weighted by Gasteiger charge is 2.19. The van der Waals surface area contributed by atoms with Crippen molar-refractivity contribution in [1.82, 2.24) is 9.78 Å². The molecule has 1 aliphatic carbocycles. The summed E-state index contributed by atoms with van der Waals surface area (Å²) in [6, 6.07) is 3.70. The first kappa shape index (κ1) is 15.5. The smallest absolute Gasteiger partial charge is 0.260 e. The molecule has 1 saturated carbocycles. The lowest BCUT2D eigenvalue weighted by Gasteiger charge is -2.21. The SMILES string of the molecule is Cc1cn(C2CCCCC2)nc1NC(=O)c1ccc(F)cc1O. The highest BCUT2D eigenvalue weighted by molar-refractivity contribution is 6.05. The molecule has 1 amide bonds. The third kappa shape index (κ3) is 3.36. The number of aromatic nitrogens is 2. The molecule has 1 aliphatic rings. The number of hydrogen-bond acceptors (Lipinski definition) is 3. The van der Waals surface area contributed by atoms with Crippen molar-refractivity contribution in [3.05, 3.63) is 41.3 Å². The Balaban J connectivity index is 1.77. The molecule has 0 saturated heterocycles. The number of benzene rings is 1. The van der Waals surface area contributed by atoms with Crippen molar-refractivity contribution >= 4 is 11.7 Å². The van der Waals surface area contributed by atoms with Crippen molar-refractivity contribution < 1.29 is 14.3 Å². The Morgan fingerprint density at radius 2 is 2.09 bits per heavy atom. The second-order valence-corrected chi connectivity index (χ2v) is 6.05. The van der Waals surface area contributed by atoms with Crippen LogP contribution < -0.4 is 5.32 Å². The minimum Gasteiger partial charge on any atom is -0.507 e. The topological polar surface area (TPSA) is 67.2 Å². The number of carbonyl (C=O) groups excluding carboxylic acids is 1. The van der Waals surface area contributed by atoms with Crippen molar-refractivity contribution in [3.8, 4) is 5.75 Å². The van der Waals surface area contributed by atoms with E-state index in [9.17, 15) is 14.3 Å². The predicted molar refractivity (Wildman–Crippen MR) is 85.1 cm³/mol. The van der Waals surface area contributed by atoms with Crippen LogP contribution in [0.1, 0.15) is 54.1 Å².